The number of thioether (sulfide) groups is 1. The number of hydrogen-bond donors (Lipinski definition) is 1. The molecule has 0 spiro atoms. The van der Waals surface area contributed by atoms with Crippen molar-refractivity contribution >= 4 is 34.2 Å². The second-order valence-electron chi connectivity index (χ2n) is 8.36. The number of ether oxygens (including phenoxy) is 1. The number of anilines is 1. The van der Waals surface area contributed by atoms with E-state index in [0.717, 1.165) is 16.5 Å². The molecule has 198 valence electrons. The van der Waals surface area contributed by atoms with Crippen LogP contribution in [0.1, 0.15) is 22.3 Å². The Morgan fingerprint density at radius 1 is 0.868 bits per heavy atom. The number of nitrogens with zero attached hydrogens (tertiary/aromatic N) is 1. The lowest BCUT2D eigenvalue weighted by molar-refractivity contribution is -0.137. The summed E-state index contributed by atoms with van der Waals surface area (Å²) in [7, 11) is 1.57. The molecule has 0 aliphatic carbocycles. The van der Waals surface area contributed by atoms with Crippen LogP contribution < -0.4 is 10.1 Å². The van der Waals surface area contributed by atoms with Crippen molar-refractivity contribution in [2.24, 2.45) is 4.99 Å². The van der Waals surface area contributed by atoms with E-state index in [1.54, 1.807) is 7.11 Å². The van der Waals surface area contributed by atoms with E-state index < -0.39 is 11.7 Å². The SMILES string of the molecule is COc1cccc(SC(=NCc2ccccc2)Nc2ccc(Cl)c(C(F)(F)F)c2)c1.Cc1ccc(C)cc1. The van der Waals surface area contributed by atoms with E-state index >= 15 is 0 Å². The van der Waals surface area contributed by atoms with Crippen molar-refractivity contribution in [3.8, 4) is 5.75 Å². The van der Waals surface area contributed by atoms with Gasteiger partial charge in [0, 0.05) is 10.6 Å². The van der Waals surface area contributed by atoms with Gasteiger partial charge in [-0.25, -0.2) is 0 Å². The highest BCUT2D eigenvalue weighted by atomic mass is 35.5. The van der Waals surface area contributed by atoms with Crippen LogP contribution in [0.3, 0.4) is 0 Å². The average molecular weight is 557 g/mol. The van der Waals surface area contributed by atoms with Gasteiger partial charge in [-0.05, 0) is 55.8 Å². The molecular formula is C30H28ClF3N2OS. The Morgan fingerprint density at radius 3 is 2.13 bits per heavy atom. The predicted octanol–water partition coefficient (Wildman–Crippen LogP) is 9.43. The van der Waals surface area contributed by atoms with Crippen LogP contribution in [0.25, 0.3) is 0 Å². The maximum absolute atomic E-state index is 13.2. The van der Waals surface area contributed by atoms with Crippen LogP contribution in [-0.2, 0) is 12.7 Å². The van der Waals surface area contributed by atoms with E-state index in [4.69, 9.17) is 16.3 Å². The standard InChI is InChI=1S/C22H18ClF3N2OS.C8H10/c1-29-17-8-5-9-18(13-17)30-21(27-14-15-6-3-2-4-7-15)28-16-10-11-20(23)19(12-16)22(24,25)26;1-7-3-5-8(2)6-4-7/h2-13H,14H2,1H3,(H,27,28);3-6H,1-2H3. The third-order valence-electron chi connectivity index (χ3n) is 5.25. The molecule has 4 aromatic carbocycles. The van der Waals surface area contributed by atoms with Gasteiger partial charge in [-0.15, -0.1) is 0 Å². The fourth-order valence-corrected chi connectivity index (χ4v) is 4.27. The van der Waals surface area contributed by atoms with E-state index in [1.807, 2.05) is 54.6 Å². The maximum Gasteiger partial charge on any atom is 0.417 e. The zero-order valence-corrected chi connectivity index (χ0v) is 22.8. The minimum atomic E-state index is -4.55. The molecule has 8 heteroatoms. The number of hydrogen-bond acceptors (Lipinski definition) is 3. The summed E-state index contributed by atoms with van der Waals surface area (Å²) in [6.45, 7) is 4.57. The molecule has 4 aromatic rings. The number of rotatable bonds is 5. The summed E-state index contributed by atoms with van der Waals surface area (Å²) in [5, 5.41) is 3.08. The summed E-state index contributed by atoms with van der Waals surface area (Å²) < 4.78 is 44.8. The van der Waals surface area contributed by atoms with Crippen molar-refractivity contribution in [3.05, 3.63) is 124 Å². The first-order valence-corrected chi connectivity index (χ1v) is 12.9. The van der Waals surface area contributed by atoms with Gasteiger partial charge < -0.3 is 10.1 Å². The molecule has 0 atom stereocenters. The molecule has 0 bridgehead atoms. The normalized spacial score (nSPS) is 11.4. The Labute approximate surface area is 230 Å². The van der Waals surface area contributed by atoms with Gasteiger partial charge >= 0.3 is 6.18 Å². The molecule has 0 aliphatic heterocycles. The number of halogens is 4. The highest BCUT2D eigenvalue weighted by Crippen LogP contribution is 2.36. The van der Waals surface area contributed by atoms with Crippen molar-refractivity contribution in [1.29, 1.82) is 0 Å². The first kappa shape index (κ1) is 29.1. The summed E-state index contributed by atoms with van der Waals surface area (Å²) in [6.07, 6.45) is -4.55. The van der Waals surface area contributed by atoms with Crippen LogP contribution in [0.15, 0.2) is 107 Å². The molecule has 0 radical (unpaired) electrons. The number of alkyl halides is 3. The van der Waals surface area contributed by atoms with Crippen molar-refractivity contribution in [2.75, 3.05) is 12.4 Å². The molecule has 0 amide bonds. The molecule has 0 aliphatic rings. The highest BCUT2D eigenvalue weighted by molar-refractivity contribution is 8.14. The van der Waals surface area contributed by atoms with Gasteiger partial charge in [-0.1, -0.05) is 95.2 Å². The van der Waals surface area contributed by atoms with Gasteiger partial charge in [-0.3, -0.25) is 4.99 Å². The number of amidine groups is 1. The second kappa shape index (κ2) is 13.9. The van der Waals surface area contributed by atoms with Crippen LogP contribution in [0, 0.1) is 13.8 Å². The zero-order valence-electron chi connectivity index (χ0n) is 21.2. The lowest BCUT2D eigenvalue weighted by Gasteiger charge is -2.14. The predicted molar refractivity (Wildman–Crippen MR) is 152 cm³/mol. The molecular weight excluding hydrogens is 529 g/mol. The van der Waals surface area contributed by atoms with Crippen molar-refractivity contribution in [3.63, 3.8) is 0 Å². The Hall–Kier alpha value is -3.42. The molecule has 0 heterocycles. The summed E-state index contributed by atoms with van der Waals surface area (Å²) in [5.74, 6) is 0.674. The van der Waals surface area contributed by atoms with Crippen molar-refractivity contribution < 1.29 is 17.9 Å². The van der Waals surface area contributed by atoms with Gasteiger partial charge in [0.15, 0.2) is 5.17 Å². The van der Waals surface area contributed by atoms with Crippen LogP contribution >= 0.6 is 23.4 Å². The Morgan fingerprint density at radius 2 is 1.53 bits per heavy atom. The lowest BCUT2D eigenvalue weighted by atomic mass is 10.2. The maximum atomic E-state index is 13.2. The van der Waals surface area contributed by atoms with E-state index in [-0.39, 0.29) is 10.7 Å². The fraction of sp³-hybridized carbons (Fsp3) is 0.167. The first-order chi connectivity index (χ1) is 18.1. The minimum absolute atomic E-state index is 0.244. The van der Waals surface area contributed by atoms with Gasteiger partial charge in [-0.2, -0.15) is 13.2 Å². The third kappa shape index (κ3) is 9.47. The molecule has 38 heavy (non-hydrogen) atoms. The Balaban J connectivity index is 0.000000427. The van der Waals surface area contributed by atoms with E-state index in [2.05, 4.69) is 48.4 Å². The van der Waals surface area contributed by atoms with Crippen LogP contribution in [0.4, 0.5) is 18.9 Å². The van der Waals surface area contributed by atoms with Gasteiger partial charge in [0.25, 0.3) is 0 Å². The molecule has 1 N–H and O–H groups in total. The van der Waals surface area contributed by atoms with Crippen molar-refractivity contribution in [2.45, 2.75) is 31.5 Å². The monoisotopic (exact) mass is 556 g/mol. The topological polar surface area (TPSA) is 33.6 Å². The van der Waals surface area contributed by atoms with E-state index in [1.165, 1.54) is 35.0 Å². The van der Waals surface area contributed by atoms with Crippen LogP contribution in [0.2, 0.25) is 5.02 Å². The Bertz CT molecular complexity index is 1320. The number of aliphatic imine (C=N–C) groups is 1. The first-order valence-electron chi connectivity index (χ1n) is 11.7. The summed E-state index contributed by atoms with van der Waals surface area (Å²) >= 11 is 7.02. The highest BCUT2D eigenvalue weighted by Gasteiger charge is 2.33. The molecule has 4 rings (SSSR count). The number of benzene rings is 4. The smallest absolute Gasteiger partial charge is 0.417 e. The number of nitrogens with one attached hydrogen (secondary N) is 1. The molecule has 3 nitrogen and oxygen atoms in total. The number of aryl methyl sites for hydroxylation is 2. The second-order valence-corrected chi connectivity index (χ2v) is 9.83. The summed E-state index contributed by atoms with van der Waals surface area (Å²) in [5.41, 5.74) is 2.98. The molecule has 0 fully saturated rings. The molecule has 0 saturated heterocycles. The Kier molecular flexibility index (Phi) is 10.7. The number of methoxy groups -OCH3 is 1. The lowest BCUT2D eigenvalue weighted by Crippen LogP contribution is -2.11. The molecule has 0 saturated carbocycles. The van der Waals surface area contributed by atoms with Crippen LogP contribution in [0.5, 0.6) is 5.75 Å². The minimum Gasteiger partial charge on any atom is -0.497 e. The quantitative estimate of drug-likeness (QED) is 0.151. The van der Waals surface area contributed by atoms with E-state index in [0.29, 0.717) is 17.5 Å². The van der Waals surface area contributed by atoms with Crippen LogP contribution in [-0.4, -0.2) is 12.3 Å². The van der Waals surface area contributed by atoms with E-state index in [9.17, 15) is 13.2 Å². The van der Waals surface area contributed by atoms with Crippen molar-refractivity contribution in [1.82, 2.24) is 0 Å². The largest absolute Gasteiger partial charge is 0.497 e. The molecule has 0 unspecified atom stereocenters. The summed E-state index contributed by atoms with van der Waals surface area (Å²) in [6, 6.07) is 29.1. The van der Waals surface area contributed by atoms with Gasteiger partial charge in [0.1, 0.15) is 5.75 Å². The van der Waals surface area contributed by atoms with Gasteiger partial charge in [0.05, 0.1) is 24.2 Å². The van der Waals surface area contributed by atoms with Gasteiger partial charge in [0.2, 0.25) is 0 Å². The fourth-order valence-electron chi connectivity index (χ4n) is 3.20. The average Bonchev–Trinajstić information content (AvgIpc) is 2.90. The summed E-state index contributed by atoms with van der Waals surface area (Å²) in [4.78, 5) is 5.40. The third-order valence-corrected chi connectivity index (χ3v) is 6.49. The molecule has 0 aromatic heterocycles. The zero-order chi connectivity index (χ0) is 27.5.